The number of hydrogen-bond acceptors (Lipinski definition) is 5. The summed E-state index contributed by atoms with van der Waals surface area (Å²) in [5.74, 6) is 3.01. The fourth-order valence-corrected chi connectivity index (χ4v) is 2.40. The van der Waals surface area contributed by atoms with Gasteiger partial charge in [0.05, 0.1) is 0 Å². The zero-order valence-electron chi connectivity index (χ0n) is 8.39. The zero-order chi connectivity index (χ0) is 10.5. The second kappa shape index (κ2) is 4.99. The predicted octanol–water partition coefficient (Wildman–Crippen LogP) is 1.29. The first-order chi connectivity index (χ1) is 7.40. The molecule has 15 heavy (non-hydrogen) atoms. The average Bonchev–Trinajstić information content (AvgIpc) is 2.58. The molecular formula is C10H12N4S. The molecule has 0 bridgehead atoms. The minimum absolute atomic E-state index is 0.442. The summed E-state index contributed by atoms with van der Waals surface area (Å²) >= 11 is 1.96. The van der Waals surface area contributed by atoms with E-state index >= 15 is 0 Å². The van der Waals surface area contributed by atoms with Crippen molar-refractivity contribution in [1.82, 2.24) is 9.97 Å². The Morgan fingerprint density at radius 3 is 3.20 bits per heavy atom. The quantitative estimate of drug-likeness (QED) is 0.714. The highest BCUT2D eigenvalue weighted by atomic mass is 32.2. The first-order valence-corrected chi connectivity index (χ1v) is 6.11. The van der Waals surface area contributed by atoms with Gasteiger partial charge in [0.25, 0.3) is 0 Å². The van der Waals surface area contributed by atoms with Crippen LogP contribution in [-0.2, 0) is 0 Å². The lowest BCUT2D eigenvalue weighted by molar-refractivity contribution is 0.781. The Bertz CT molecular complexity index is 366. The maximum Gasteiger partial charge on any atom is 0.226 e. The lowest BCUT2D eigenvalue weighted by atomic mass is 10.4. The van der Waals surface area contributed by atoms with Crippen LogP contribution in [0.4, 0.5) is 5.95 Å². The van der Waals surface area contributed by atoms with Crippen LogP contribution < -0.4 is 4.90 Å². The summed E-state index contributed by atoms with van der Waals surface area (Å²) < 4.78 is 0. The Kier molecular flexibility index (Phi) is 3.41. The second-order valence-electron chi connectivity index (χ2n) is 3.31. The molecule has 1 saturated heterocycles. The van der Waals surface area contributed by atoms with E-state index in [9.17, 15) is 0 Å². The van der Waals surface area contributed by atoms with Crippen molar-refractivity contribution in [2.75, 3.05) is 29.5 Å². The van der Waals surface area contributed by atoms with Crippen LogP contribution in [0.2, 0.25) is 0 Å². The van der Waals surface area contributed by atoms with Crippen LogP contribution in [0, 0.1) is 11.3 Å². The number of nitriles is 1. The van der Waals surface area contributed by atoms with Gasteiger partial charge in [0.2, 0.25) is 5.95 Å². The van der Waals surface area contributed by atoms with Crippen LogP contribution in [0.5, 0.6) is 0 Å². The second-order valence-corrected chi connectivity index (χ2v) is 4.53. The molecule has 0 spiro atoms. The molecule has 1 aliphatic rings. The van der Waals surface area contributed by atoms with Gasteiger partial charge in [-0.25, -0.2) is 9.97 Å². The summed E-state index contributed by atoms with van der Waals surface area (Å²) in [6.45, 7) is 1.96. The largest absolute Gasteiger partial charge is 0.340 e. The highest BCUT2D eigenvalue weighted by Gasteiger charge is 2.12. The van der Waals surface area contributed by atoms with Crippen LogP contribution in [0.3, 0.4) is 0 Å². The molecule has 1 aliphatic heterocycles. The molecule has 2 rings (SSSR count). The molecule has 0 radical (unpaired) electrons. The fraction of sp³-hybridized carbons (Fsp3) is 0.500. The lowest BCUT2D eigenvalue weighted by Gasteiger charge is -2.19. The predicted molar refractivity (Wildman–Crippen MR) is 60.9 cm³/mol. The summed E-state index contributed by atoms with van der Waals surface area (Å²) in [7, 11) is 0. The van der Waals surface area contributed by atoms with Crippen molar-refractivity contribution in [3.8, 4) is 6.07 Å². The molecule has 0 amide bonds. The van der Waals surface area contributed by atoms with Gasteiger partial charge in [-0.15, -0.1) is 0 Å². The number of anilines is 1. The number of rotatable bonds is 1. The molecular weight excluding hydrogens is 208 g/mol. The summed E-state index contributed by atoms with van der Waals surface area (Å²) in [5, 5.41) is 8.75. The Balaban J connectivity index is 2.16. The van der Waals surface area contributed by atoms with Gasteiger partial charge in [0.15, 0.2) is 0 Å². The monoisotopic (exact) mass is 220 g/mol. The van der Waals surface area contributed by atoms with Gasteiger partial charge >= 0.3 is 0 Å². The Morgan fingerprint density at radius 2 is 2.33 bits per heavy atom. The van der Waals surface area contributed by atoms with Crippen molar-refractivity contribution < 1.29 is 0 Å². The number of hydrogen-bond donors (Lipinski definition) is 0. The number of thioether (sulfide) groups is 1. The van der Waals surface area contributed by atoms with Crippen LogP contribution >= 0.6 is 11.8 Å². The Morgan fingerprint density at radius 1 is 1.40 bits per heavy atom. The van der Waals surface area contributed by atoms with Gasteiger partial charge in [-0.05, 0) is 18.2 Å². The molecule has 0 unspecified atom stereocenters. The molecule has 4 nitrogen and oxygen atoms in total. The normalized spacial score (nSPS) is 16.9. The molecule has 0 N–H and O–H groups in total. The average molecular weight is 220 g/mol. The number of aromatic nitrogens is 2. The molecule has 0 aliphatic carbocycles. The molecule has 1 aromatic rings. The highest BCUT2D eigenvalue weighted by molar-refractivity contribution is 7.99. The maximum atomic E-state index is 8.75. The molecule has 78 valence electrons. The van der Waals surface area contributed by atoms with Gasteiger partial charge in [0.1, 0.15) is 11.8 Å². The summed E-state index contributed by atoms with van der Waals surface area (Å²) in [5.41, 5.74) is 0.442. The van der Waals surface area contributed by atoms with E-state index in [4.69, 9.17) is 5.26 Å². The van der Waals surface area contributed by atoms with E-state index in [2.05, 4.69) is 14.9 Å². The molecule has 0 saturated carbocycles. The summed E-state index contributed by atoms with van der Waals surface area (Å²) in [6, 6.07) is 3.67. The molecule has 5 heteroatoms. The standard InChI is InChI=1S/C10H12N4S/c11-8-9-2-3-12-10(13-9)14-4-1-6-15-7-5-14/h2-3H,1,4-7H2. The van der Waals surface area contributed by atoms with Crippen LogP contribution in [-0.4, -0.2) is 34.6 Å². The van der Waals surface area contributed by atoms with Gasteiger partial charge in [-0.1, -0.05) is 0 Å². The third-order valence-corrected chi connectivity index (χ3v) is 3.31. The first-order valence-electron chi connectivity index (χ1n) is 4.96. The molecule has 1 fully saturated rings. The minimum atomic E-state index is 0.442. The van der Waals surface area contributed by atoms with Gasteiger partial charge in [0, 0.05) is 25.0 Å². The van der Waals surface area contributed by atoms with Crippen molar-refractivity contribution in [1.29, 1.82) is 5.26 Å². The van der Waals surface area contributed by atoms with Crippen LogP contribution in [0.1, 0.15) is 12.1 Å². The van der Waals surface area contributed by atoms with E-state index in [-0.39, 0.29) is 0 Å². The van der Waals surface area contributed by atoms with Crippen LogP contribution in [0.25, 0.3) is 0 Å². The van der Waals surface area contributed by atoms with Crippen LogP contribution in [0.15, 0.2) is 12.3 Å². The third kappa shape index (κ3) is 2.60. The van der Waals surface area contributed by atoms with Crippen molar-refractivity contribution >= 4 is 17.7 Å². The fourth-order valence-electron chi connectivity index (χ4n) is 1.51. The lowest BCUT2D eigenvalue weighted by Crippen LogP contribution is -2.27. The molecule has 0 atom stereocenters. The Labute approximate surface area is 93.3 Å². The van der Waals surface area contributed by atoms with Crippen molar-refractivity contribution in [3.63, 3.8) is 0 Å². The molecule has 0 aromatic carbocycles. The molecule has 1 aromatic heterocycles. The van der Waals surface area contributed by atoms with Gasteiger partial charge in [-0.3, -0.25) is 0 Å². The van der Waals surface area contributed by atoms with Crippen molar-refractivity contribution in [2.24, 2.45) is 0 Å². The summed E-state index contributed by atoms with van der Waals surface area (Å²) in [4.78, 5) is 10.6. The SMILES string of the molecule is N#Cc1ccnc(N2CCCSCC2)n1. The van der Waals surface area contributed by atoms with Crippen molar-refractivity contribution in [3.05, 3.63) is 18.0 Å². The summed E-state index contributed by atoms with van der Waals surface area (Å²) in [6.07, 6.45) is 2.81. The first kappa shape index (κ1) is 10.2. The smallest absolute Gasteiger partial charge is 0.226 e. The van der Waals surface area contributed by atoms with E-state index in [0.29, 0.717) is 11.6 Å². The minimum Gasteiger partial charge on any atom is -0.340 e. The van der Waals surface area contributed by atoms with Crippen molar-refractivity contribution in [2.45, 2.75) is 6.42 Å². The van der Waals surface area contributed by atoms with E-state index in [1.54, 1.807) is 12.3 Å². The van der Waals surface area contributed by atoms with E-state index in [0.717, 1.165) is 25.3 Å². The van der Waals surface area contributed by atoms with E-state index in [1.165, 1.54) is 5.75 Å². The Hall–Kier alpha value is -1.28. The maximum absolute atomic E-state index is 8.75. The zero-order valence-corrected chi connectivity index (χ0v) is 9.20. The van der Waals surface area contributed by atoms with E-state index in [1.807, 2.05) is 17.8 Å². The van der Waals surface area contributed by atoms with Gasteiger partial charge < -0.3 is 4.90 Å². The highest BCUT2D eigenvalue weighted by Crippen LogP contribution is 2.14. The third-order valence-electron chi connectivity index (χ3n) is 2.26. The molecule has 2 heterocycles. The topological polar surface area (TPSA) is 52.8 Å². The van der Waals surface area contributed by atoms with Gasteiger partial charge in [-0.2, -0.15) is 17.0 Å². The van der Waals surface area contributed by atoms with E-state index < -0.39 is 0 Å². The number of nitrogens with zero attached hydrogens (tertiary/aromatic N) is 4.